The third kappa shape index (κ3) is 5.99. The number of benzene rings is 1. The molecule has 1 aromatic rings. The van der Waals surface area contributed by atoms with Crippen LogP contribution in [0, 0.1) is 0 Å². The van der Waals surface area contributed by atoms with E-state index in [0.717, 1.165) is 13.1 Å². The Kier molecular flexibility index (Phi) is 7.42. The van der Waals surface area contributed by atoms with Crippen molar-refractivity contribution in [1.82, 2.24) is 14.7 Å². The van der Waals surface area contributed by atoms with Crippen LogP contribution in [0.3, 0.4) is 0 Å². The number of morpholine rings is 1. The number of ether oxygens (including phenoxy) is 1. The largest absolute Gasteiger partial charge is 0.379 e. The molecule has 0 spiro atoms. The highest BCUT2D eigenvalue weighted by atomic mass is 32.2. The van der Waals surface area contributed by atoms with Gasteiger partial charge in [-0.3, -0.25) is 19.4 Å². The molecular weight excluding hydrogens is 410 g/mol. The van der Waals surface area contributed by atoms with Crippen molar-refractivity contribution in [2.24, 2.45) is 5.14 Å². The van der Waals surface area contributed by atoms with Gasteiger partial charge in [0.25, 0.3) is 0 Å². The Morgan fingerprint density at radius 3 is 2.23 bits per heavy atom. The van der Waals surface area contributed by atoms with Gasteiger partial charge in [-0.2, -0.15) is 0 Å². The van der Waals surface area contributed by atoms with Gasteiger partial charge in [-0.1, -0.05) is 0 Å². The molecule has 2 saturated heterocycles. The molecule has 0 aromatic heterocycles. The molecule has 2 heterocycles. The second-order valence-electron chi connectivity index (χ2n) is 7.54. The summed E-state index contributed by atoms with van der Waals surface area (Å²) in [6, 6.07) is 5.35. The molecule has 3 N–H and O–H groups in total. The van der Waals surface area contributed by atoms with Gasteiger partial charge in [0.1, 0.15) is 0 Å². The van der Waals surface area contributed by atoms with Gasteiger partial charge >= 0.3 is 0 Å². The van der Waals surface area contributed by atoms with Crippen molar-refractivity contribution in [2.45, 2.75) is 17.9 Å². The van der Waals surface area contributed by atoms with Crippen molar-refractivity contribution in [3.05, 3.63) is 24.3 Å². The summed E-state index contributed by atoms with van der Waals surface area (Å²) < 4.78 is 27.9. The number of anilines is 1. The minimum atomic E-state index is -3.77. The van der Waals surface area contributed by atoms with Crippen LogP contribution in [0.5, 0.6) is 0 Å². The Hall–Kier alpha value is -2.05. The first-order valence-corrected chi connectivity index (χ1v) is 11.5. The van der Waals surface area contributed by atoms with Crippen LogP contribution in [-0.4, -0.2) is 100 Å². The Morgan fingerprint density at radius 1 is 1.07 bits per heavy atom. The van der Waals surface area contributed by atoms with Crippen LogP contribution >= 0.6 is 0 Å². The predicted octanol–water partition coefficient (Wildman–Crippen LogP) is -0.863. The smallest absolute Gasteiger partial charge is 0.241 e. The average molecular weight is 440 g/mol. The summed E-state index contributed by atoms with van der Waals surface area (Å²) in [5.74, 6) is -0.0740. The molecule has 0 radical (unpaired) electrons. The number of sulfonamides is 1. The highest BCUT2D eigenvalue weighted by Crippen LogP contribution is 2.15. The molecule has 1 aromatic carbocycles. The Labute approximate surface area is 177 Å². The second kappa shape index (κ2) is 9.84. The zero-order chi connectivity index (χ0) is 21.7. The van der Waals surface area contributed by atoms with E-state index in [-0.39, 0.29) is 22.8 Å². The van der Waals surface area contributed by atoms with Crippen LogP contribution in [0.2, 0.25) is 0 Å². The Bertz CT molecular complexity index is 847. The van der Waals surface area contributed by atoms with Crippen molar-refractivity contribution in [3.8, 4) is 0 Å². The van der Waals surface area contributed by atoms with Crippen molar-refractivity contribution < 1.29 is 22.7 Å². The first kappa shape index (κ1) is 22.6. The van der Waals surface area contributed by atoms with Crippen molar-refractivity contribution in [3.63, 3.8) is 0 Å². The minimum Gasteiger partial charge on any atom is -0.379 e. The van der Waals surface area contributed by atoms with E-state index in [2.05, 4.69) is 10.2 Å². The molecule has 2 fully saturated rings. The quantitative estimate of drug-likeness (QED) is 0.591. The fourth-order valence-electron chi connectivity index (χ4n) is 3.55. The van der Waals surface area contributed by atoms with E-state index < -0.39 is 10.0 Å². The zero-order valence-corrected chi connectivity index (χ0v) is 17.9. The van der Waals surface area contributed by atoms with Crippen molar-refractivity contribution in [2.75, 3.05) is 64.3 Å². The Morgan fingerprint density at radius 2 is 1.67 bits per heavy atom. The van der Waals surface area contributed by atoms with Gasteiger partial charge in [0.05, 0.1) is 30.7 Å². The first-order valence-electron chi connectivity index (χ1n) is 10.00. The number of carbonyl (C=O) groups is 2. The summed E-state index contributed by atoms with van der Waals surface area (Å²) in [5.41, 5.74) is 0.499. The number of nitrogens with two attached hydrogens (primary N) is 1. The molecule has 30 heavy (non-hydrogen) atoms. The summed E-state index contributed by atoms with van der Waals surface area (Å²) >= 11 is 0. The molecular formula is C19H29N5O5S. The second-order valence-corrected chi connectivity index (χ2v) is 9.10. The number of hydrogen-bond acceptors (Lipinski definition) is 7. The monoisotopic (exact) mass is 439 g/mol. The number of amides is 2. The standard InChI is InChI=1S/C19H29N5O5S/c1-15(19(26)21-16-2-4-17(5-3-16)30(20,27)28)23-6-8-24(9-7-23)18(25)14-22-10-12-29-13-11-22/h2-5,15H,6-14H2,1H3,(H,21,26)(H2,20,27,28). The topological polar surface area (TPSA) is 125 Å². The van der Waals surface area contributed by atoms with Crippen LogP contribution in [0.1, 0.15) is 6.92 Å². The van der Waals surface area contributed by atoms with Gasteiger partial charge in [0.2, 0.25) is 21.8 Å². The highest BCUT2D eigenvalue weighted by molar-refractivity contribution is 7.89. The lowest BCUT2D eigenvalue weighted by molar-refractivity contribution is -0.135. The van der Waals surface area contributed by atoms with Gasteiger partial charge in [-0.25, -0.2) is 13.6 Å². The molecule has 1 unspecified atom stereocenters. The number of primary sulfonamides is 1. The molecule has 11 heteroatoms. The summed E-state index contributed by atoms with van der Waals surface area (Å²) in [4.78, 5) is 31.1. The number of hydrogen-bond donors (Lipinski definition) is 2. The highest BCUT2D eigenvalue weighted by Gasteiger charge is 2.28. The fourth-order valence-corrected chi connectivity index (χ4v) is 4.07. The van der Waals surface area contributed by atoms with Crippen LogP contribution in [0.25, 0.3) is 0 Å². The fraction of sp³-hybridized carbons (Fsp3) is 0.579. The predicted molar refractivity (Wildman–Crippen MR) is 111 cm³/mol. The number of carbonyl (C=O) groups excluding carboxylic acids is 2. The molecule has 2 aliphatic rings. The van der Waals surface area contributed by atoms with E-state index >= 15 is 0 Å². The molecule has 1 atom stereocenters. The molecule has 10 nitrogen and oxygen atoms in total. The molecule has 0 aliphatic carbocycles. The molecule has 3 rings (SSSR count). The number of piperazine rings is 1. The van der Waals surface area contributed by atoms with E-state index in [9.17, 15) is 18.0 Å². The van der Waals surface area contributed by atoms with Crippen LogP contribution in [-0.2, 0) is 24.3 Å². The van der Waals surface area contributed by atoms with Gasteiger partial charge < -0.3 is 15.0 Å². The maximum Gasteiger partial charge on any atom is 0.241 e. The lowest BCUT2D eigenvalue weighted by Gasteiger charge is -2.38. The molecule has 0 saturated carbocycles. The summed E-state index contributed by atoms with van der Waals surface area (Å²) in [6.07, 6.45) is 0. The third-order valence-corrected chi connectivity index (χ3v) is 6.44. The molecule has 2 aliphatic heterocycles. The van der Waals surface area contributed by atoms with E-state index in [1.807, 2.05) is 16.7 Å². The number of nitrogens with one attached hydrogen (secondary N) is 1. The maximum atomic E-state index is 12.6. The minimum absolute atomic E-state index is 0.00795. The summed E-state index contributed by atoms with van der Waals surface area (Å²) in [5, 5.41) is 7.87. The van der Waals surface area contributed by atoms with Gasteiger partial charge in [-0.05, 0) is 31.2 Å². The zero-order valence-electron chi connectivity index (χ0n) is 17.1. The van der Waals surface area contributed by atoms with Gasteiger partial charge in [0.15, 0.2) is 0 Å². The van der Waals surface area contributed by atoms with Gasteiger partial charge in [-0.15, -0.1) is 0 Å². The molecule has 166 valence electrons. The maximum absolute atomic E-state index is 12.6. The van der Waals surface area contributed by atoms with Crippen LogP contribution in [0.15, 0.2) is 29.2 Å². The normalized spacial score (nSPS) is 20.0. The number of rotatable bonds is 6. The summed E-state index contributed by atoms with van der Waals surface area (Å²) in [6.45, 7) is 7.53. The average Bonchev–Trinajstić information content (AvgIpc) is 2.73. The Balaban J connectivity index is 1.46. The number of nitrogens with zero attached hydrogens (tertiary/aromatic N) is 3. The SMILES string of the molecule is CC(C(=O)Nc1ccc(S(N)(=O)=O)cc1)N1CCN(C(=O)CN2CCOCC2)CC1. The first-order chi connectivity index (χ1) is 14.2. The molecule has 2 amide bonds. The van der Waals surface area contributed by atoms with Crippen LogP contribution < -0.4 is 10.5 Å². The third-order valence-electron chi connectivity index (χ3n) is 5.51. The van der Waals surface area contributed by atoms with E-state index in [4.69, 9.17) is 9.88 Å². The lowest BCUT2D eigenvalue weighted by atomic mass is 10.2. The van der Waals surface area contributed by atoms with Gasteiger partial charge in [0, 0.05) is 45.0 Å². The van der Waals surface area contributed by atoms with Crippen LogP contribution in [0.4, 0.5) is 5.69 Å². The van der Waals surface area contributed by atoms with Crippen molar-refractivity contribution >= 4 is 27.5 Å². The van der Waals surface area contributed by atoms with E-state index in [1.165, 1.54) is 24.3 Å². The lowest BCUT2D eigenvalue weighted by Crippen LogP contribution is -2.55. The summed E-state index contributed by atoms with van der Waals surface area (Å²) in [7, 11) is -3.77. The molecule has 0 bridgehead atoms. The van der Waals surface area contributed by atoms with E-state index in [1.54, 1.807) is 0 Å². The van der Waals surface area contributed by atoms with E-state index in [0.29, 0.717) is 51.6 Å². The van der Waals surface area contributed by atoms with Crippen molar-refractivity contribution in [1.29, 1.82) is 0 Å².